The highest BCUT2D eigenvalue weighted by molar-refractivity contribution is 9.11. The maximum absolute atomic E-state index is 6.28. The number of pyridine rings is 1. The second-order valence-corrected chi connectivity index (χ2v) is 6.79. The quantitative estimate of drug-likeness (QED) is 0.536. The molecule has 102 valence electrons. The van der Waals surface area contributed by atoms with Crippen molar-refractivity contribution in [2.24, 2.45) is 0 Å². The molecule has 3 nitrogen and oxygen atoms in total. The standard InChI is InChI=1S/C14H10Br2ClN3/c1-8(17)13-19-11-3-2-6-18-14(11)20(13)12-7-9(15)4-5-10(12)16/h2-8H,1H3. The summed E-state index contributed by atoms with van der Waals surface area (Å²) < 4.78 is 3.94. The lowest BCUT2D eigenvalue weighted by atomic mass is 10.3. The molecule has 20 heavy (non-hydrogen) atoms. The van der Waals surface area contributed by atoms with Crippen LogP contribution in [0.25, 0.3) is 16.9 Å². The molecule has 3 aromatic rings. The number of benzene rings is 1. The van der Waals surface area contributed by atoms with Crippen molar-refractivity contribution in [3.63, 3.8) is 0 Å². The van der Waals surface area contributed by atoms with Gasteiger partial charge in [-0.05, 0) is 53.2 Å². The summed E-state index contributed by atoms with van der Waals surface area (Å²) in [7, 11) is 0. The molecule has 0 aliphatic heterocycles. The Morgan fingerprint density at radius 2 is 2.05 bits per heavy atom. The van der Waals surface area contributed by atoms with E-state index in [1.165, 1.54) is 0 Å². The van der Waals surface area contributed by atoms with Crippen molar-refractivity contribution in [2.45, 2.75) is 12.3 Å². The molecule has 2 aromatic heterocycles. The maximum atomic E-state index is 6.28. The van der Waals surface area contributed by atoms with E-state index in [-0.39, 0.29) is 5.38 Å². The normalized spacial score (nSPS) is 12.8. The minimum absolute atomic E-state index is 0.213. The molecule has 0 fully saturated rings. The Morgan fingerprint density at radius 1 is 1.25 bits per heavy atom. The zero-order valence-electron chi connectivity index (χ0n) is 10.5. The van der Waals surface area contributed by atoms with E-state index >= 15 is 0 Å². The van der Waals surface area contributed by atoms with Crippen molar-refractivity contribution in [3.8, 4) is 5.69 Å². The third kappa shape index (κ3) is 2.38. The molecule has 0 N–H and O–H groups in total. The van der Waals surface area contributed by atoms with Gasteiger partial charge in [0.25, 0.3) is 0 Å². The predicted octanol–water partition coefficient (Wildman–Crippen LogP) is 5.25. The first-order chi connectivity index (χ1) is 9.58. The Hall–Kier alpha value is -0.910. The highest BCUT2D eigenvalue weighted by atomic mass is 79.9. The Bertz CT molecular complexity index is 783. The number of hydrogen-bond donors (Lipinski definition) is 0. The van der Waals surface area contributed by atoms with Crippen LogP contribution in [0.3, 0.4) is 0 Å². The molecule has 0 radical (unpaired) electrons. The molecule has 2 heterocycles. The molecule has 0 spiro atoms. The Labute approximate surface area is 138 Å². The van der Waals surface area contributed by atoms with E-state index in [1.807, 2.05) is 41.8 Å². The summed E-state index contributed by atoms with van der Waals surface area (Å²) in [6.07, 6.45) is 1.76. The summed E-state index contributed by atoms with van der Waals surface area (Å²) in [6, 6.07) is 9.79. The fourth-order valence-electron chi connectivity index (χ4n) is 2.09. The summed E-state index contributed by atoms with van der Waals surface area (Å²) in [6.45, 7) is 1.91. The molecule has 0 amide bonds. The number of hydrogen-bond acceptors (Lipinski definition) is 2. The van der Waals surface area contributed by atoms with Crippen molar-refractivity contribution in [3.05, 3.63) is 51.3 Å². The molecule has 1 atom stereocenters. The molecule has 0 saturated carbocycles. The van der Waals surface area contributed by atoms with Crippen LogP contribution < -0.4 is 0 Å². The van der Waals surface area contributed by atoms with Crippen LogP contribution in [0.15, 0.2) is 45.5 Å². The van der Waals surface area contributed by atoms with E-state index in [2.05, 4.69) is 41.8 Å². The van der Waals surface area contributed by atoms with E-state index in [0.717, 1.165) is 31.6 Å². The minimum Gasteiger partial charge on any atom is -0.278 e. The number of imidazole rings is 1. The van der Waals surface area contributed by atoms with E-state index in [0.29, 0.717) is 0 Å². The molecule has 0 bridgehead atoms. The van der Waals surface area contributed by atoms with Crippen molar-refractivity contribution in [1.82, 2.24) is 14.5 Å². The summed E-state index contributed by atoms with van der Waals surface area (Å²) in [5, 5.41) is -0.213. The molecule has 3 rings (SSSR count). The van der Waals surface area contributed by atoms with Crippen LogP contribution in [-0.4, -0.2) is 14.5 Å². The zero-order valence-corrected chi connectivity index (χ0v) is 14.4. The molecule has 1 unspecified atom stereocenters. The Morgan fingerprint density at radius 3 is 2.80 bits per heavy atom. The first-order valence-corrected chi connectivity index (χ1v) is 8.03. The molecule has 0 saturated heterocycles. The summed E-state index contributed by atoms with van der Waals surface area (Å²) in [5.41, 5.74) is 2.60. The van der Waals surface area contributed by atoms with Crippen LogP contribution in [0.1, 0.15) is 18.1 Å². The molecule has 6 heteroatoms. The fraction of sp³-hybridized carbons (Fsp3) is 0.143. The van der Waals surface area contributed by atoms with Gasteiger partial charge in [-0.2, -0.15) is 0 Å². The largest absolute Gasteiger partial charge is 0.278 e. The van der Waals surface area contributed by atoms with Crippen molar-refractivity contribution in [2.75, 3.05) is 0 Å². The van der Waals surface area contributed by atoms with E-state index in [9.17, 15) is 0 Å². The summed E-state index contributed by atoms with van der Waals surface area (Å²) in [5.74, 6) is 0.777. The SMILES string of the molecule is CC(Cl)c1nc2cccnc2n1-c1cc(Br)ccc1Br. The number of aromatic nitrogens is 3. The van der Waals surface area contributed by atoms with Crippen molar-refractivity contribution >= 4 is 54.6 Å². The summed E-state index contributed by atoms with van der Waals surface area (Å²) in [4.78, 5) is 9.03. The number of fused-ring (bicyclic) bond motifs is 1. The van der Waals surface area contributed by atoms with Crippen LogP contribution in [0, 0.1) is 0 Å². The first kappa shape index (κ1) is 14.0. The lowest BCUT2D eigenvalue weighted by Crippen LogP contribution is -2.03. The summed E-state index contributed by atoms with van der Waals surface area (Å²) >= 11 is 13.4. The van der Waals surface area contributed by atoms with Crippen LogP contribution in [-0.2, 0) is 0 Å². The third-order valence-corrected chi connectivity index (χ3v) is 4.31. The van der Waals surface area contributed by atoms with Crippen LogP contribution in [0.4, 0.5) is 0 Å². The second-order valence-electron chi connectivity index (χ2n) is 4.36. The molecular weight excluding hydrogens is 405 g/mol. The second kappa shape index (κ2) is 5.47. The van der Waals surface area contributed by atoms with Gasteiger partial charge in [-0.15, -0.1) is 11.6 Å². The lowest BCUT2D eigenvalue weighted by molar-refractivity contribution is 0.874. The molecule has 0 aliphatic carbocycles. The Balaban J connectivity index is 2.39. The van der Waals surface area contributed by atoms with E-state index in [1.54, 1.807) is 6.20 Å². The van der Waals surface area contributed by atoms with Gasteiger partial charge in [0.15, 0.2) is 5.65 Å². The van der Waals surface area contributed by atoms with Crippen LogP contribution in [0.2, 0.25) is 0 Å². The smallest absolute Gasteiger partial charge is 0.164 e. The number of nitrogens with zero attached hydrogens (tertiary/aromatic N) is 3. The fourth-order valence-corrected chi connectivity index (χ4v) is 3.01. The monoisotopic (exact) mass is 413 g/mol. The highest BCUT2D eigenvalue weighted by Crippen LogP contribution is 2.32. The van der Waals surface area contributed by atoms with Gasteiger partial charge in [-0.1, -0.05) is 15.9 Å². The van der Waals surface area contributed by atoms with Gasteiger partial charge in [-0.25, -0.2) is 9.97 Å². The van der Waals surface area contributed by atoms with E-state index in [4.69, 9.17) is 11.6 Å². The third-order valence-electron chi connectivity index (χ3n) is 2.95. The predicted molar refractivity (Wildman–Crippen MR) is 88.5 cm³/mol. The van der Waals surface area contributed by atoms with Gasteiger partial charge >= 0.3 is 0 Å². The lowest BCUT2D eigenvalue weighted by Gasteiger charge is -2.12. The highest BCUT2D eigenvalue weighted by Gasteiger charge is 2.18. The van der Waals surface area contributed by atoms with Crippen LogP contribution >= 0.6 is 43.5 Å². The Kier molecular flexibility index (Phi) is 3.84. The van der Waals surface area contributed by atoms with Crippen molar-refractivity contribution < 1.29 is 0 Å². The van der Waals surface area contributed by atoms with Gasteiger partial charge < -0.3 is 0 Å². The minimum atomic E-state index is -0.213. The molecular formula is C14H10Br2ClN3. The van der Waals surface area contributed by atoms with Crippen molar-refractivity contribution in [1.29, 1.82) is 0 Å². The molecule has 0 aliphatic rings. The topological polar surface area (TPSA) is 30.7 Å². The van der Waals surface area contributed by atoms with Gasteiger partial charge in [0, 0.05) is 15.1 Å². The molecule has 1 aromatic carbocycles. The van der Waals surface area contributed by atoms with Gasteiger partial charge in [0.2, 0.25) is 0 Å². The van der Waals surface area contributed by atoms with E-state index < -0.39 is 0 Å². The average molecular weight is 416 g/mol. The zero-order chi connectivity index (χ0) is 14.3. The number of alkyl halides is 1. The maximum Gasteiger partial charge on any atom is 0.164 e. The average Bonchev–Trinajstić information content (AvgIpc) is 2.81. The number of rotatable bonds is 2. The van der Waals surface area contributed by atoms with Gasteiger partial charge in [-0.3, -0.25) is 4.57 Å². The van der Waals surface area contributed by atoms with Crippen LogP contribution in [0.5, 0.6) is 0 Å². The van der Waals surface area contributed by atoms with Gasteiger partial charge in [0.1, 0.15) is 11.3 Å². The van der Waals surface area contributed by atoms with Gasteiger partial charge in [0.05, 0.1) is 11.1 Å². The first-order valence-electron chi connectivity index (χ1n) is 6.01. The number of halogens is 3.